The number of carbonyl (C=O) groups excluding carboxylic acids is 1. The third kappa shape index (κ3) is 4.80. The van der Waals surface area contributed by atoms with Crippen molar-refractivity contribution in [2.24, 2.45) is 0 Å². The molecule has 0 unspecified atom stereocenters. The Labute approximate surface area is 149 Å². The lowest BCUT2D eigenvalue weighted by atomic mass is 10.1. The fourth-order valence-corrected chi connectivity index (χ4v) is 3.15. The van der Waals surface area contributed by atoms with Crippen molar-refractivity contribution < 1.29 is 13.2 Å². The first-order chi connectivity index (χ1) is 11.8. The largest absolute Gasteiger partial charge is 0.352 e. The summed E-state index contributed by atoms with van der Waals surface area (Å²) < 4.78 is 26.5. The summed E-state index contributed by atoms with van der Waals surface area (Å²) in [6, 6.07) is 16.4. The molecule has 0 saturated heterocycles. The van der Waals surface area contributed by atoms with Crippen LogP contribution in [-0.2, 0) is 16.6 Å². The second-order valence-electron chi connectivity index (χ2n) is 5.80. The van der Waals surface area contributed by atoms with E-state index < -0.39 is 10.2 Å². The molecule has 0 aliphatic heterocycles. The van der Waals surface area contributed by atoms with E-state index in [1.54, 1.807) is 24.3 Å². The Morgan fingerprint density at radius 2 is 1.56 bits per heavy atom. The van der Waals surface area contributed by atoms with Crippen LogP contribution in [0, 0.1) is 0 Å². The Bertz CT molecular complexity index is 803. The molecule has 7 heteroatoms. The molecule has 0 spiro atoms. The van der Waals surface area contributed by atoms with Gasteiger partial charge in [-0.2, -0.15) is 12.7 Å². The molecular weight excluding hydrogens is 338 g/mol. The molecule has 0 atom stereocenters. The topological polar surface area (TPSA) is 69.7 Å². The Morgan fingerprint density at radius 3 is 2.12 bits per heavy atom. The first-order valence-electron chi connectivity index (χ1n) is 7.91. The molecule has 134 valence electrons. The monoisotopic (exact) mass is 361 g/mol. The van der Waals surface area contributed by atoms with Gasteiger partial charge in [0.2, 0.25) is 0 Å². The molecule has 25 heavy (non-hydrogen) atoms. The van der Waals surface area contributed by atoms with Crippen LogP contribution in [0.5, 0.6) is 0 Å². The number of rotatable bonds is 7. The molecule has 0 aliphatic carbocycles. The minimum absolute atomic E-state index is 0.180. The van der Waals surface area contributed by atoms with Crippen LogP contribution in [0.25, 0.3) is 0 Å². The number of hydrogen-bond acceptors (Lipinski definition) is 3. The minimum Gasteiger partial charge on any atom is -0.352 e. The van der Waals surface area contributed by atoms with E-state index in [0.717, 1.165) is 16.3 Å². The summed E-state index contributed by atoms with van der Waals surface area (Å²) >= 11 is 0. The third-order valence-corrected chi connectivity index (χ3v) is 5.67. The van der Waals surface area contributed by atoms with Crippen molar-refractivity contribution in [1.82, 2.24) is 9.62 Å². The Kier molecular flexibility index (Phi) is 6.17. The van der Waals surface area contributed by atoms with Crippen LogP contribution in [0.4, 0.5) is 5.69 Å². The first-order valence-corrected chi connectivity index (χ1v) is 9.30. The molecular formula is C18H23N3O3S. The van der Waals surface area contributed by atoms with Gasteiger partial charge in [-0.05, 0) is 36.2 Å². The fourth-order valence-electron chi connectivity index (χ4n) is 2.27. The van der Waals surface area contributed by atoms with E-state index in [9.17, 15) is 13.2 Å². The normalized spacial score (nSPS) is 11.4. The molecule has 6 nitrogen and oxygen atoms in total. The summed E-state index contributed by atoms with van der Waals surface area (Å²) in [7, 11) is 0.880. The van der Waals surface area contributed by atoms with E-state index in [1.807, 2.05) is 30.3 Å². The number of benzene rings is 2. The highest BCUT2D eigenvalue weighted by Crippen LogP contribution is 2.18. The number of amides is 1. The van der Waals surface area contributed by atoms with Crippen LogP contribution in [0.2, 0.25) is 0 Å². The molecule has 0 aromatic heterocycles. The second-order valence-corrected chi connectivity index (χ2v) is 7.97. The van der Waals surface area contributed by atoms with Crippen LogP contribution < -0.4 is 9.62 Å². The Balaban J connectivity index is 1.96. The van der Waals surface area contributed by atoms with E-state index in [0.29, 0.717) is 17.8 Å². The zero-order valence-electron chi connectivity index (χ0n) is 14.6. The van der Waals surface area contributed by atoms with Gasteiger partial charge >= 0.3 is 10.2 Å². The van der Waals surface area contributed by atoms with Gasteiger partial charge in [0, 0.05) is 33.3 Å². The lowest BCUT2D eigenvalue weighted by Crippen LogP contribution is -2.37. The van der Waals surface area contributed by atoms with Crippen LogP contribution in [0.15, 0.2) is 54.6 Å². The van der Waals surface area contributed by atoms with Gasteiger partial charge in [0.1, 0.15) is 0 Å². The van der Waals surface area contributed by atoms with Crippen molar-refractivity contribution in [2.45, 2.75) is 6.42 Å². The van der Waals surface area contributed by atoms with Gasteiger partial charge < -0.3 is 5.32 Å². The van der Waals surface area contributed by atoms with Crippen LogP contribution in [-0.4, -0.2) is 46.3 Å². The number of nitrogens with one attached hydrogen (secondary N) is 1. The van der Waals surface area contributed by atoms with E-state index in [2.05, 4.69) is 5.32 Å². The zero-order chi connectivity index (χ0) is 18.4. The highest BCUT2D eigenvalue weighted by Gasteiger charge is 2.20. The maximum Gasteiger partial charge on any atom is 0.303 e. The lowest BCUT2D eigenvalue weighted by Gasteiger charge is -2.23. The number of carbonyl (C=O) groups is 1. The summed E-state index contributed by atoms with van der Waals surface area (Å²) in [5, 5.41) is 2.87. The summed E-state index contributed by atoms with van der Waals surface area (Å²) in [4.78, 5) is 12.2. The minimum atomic E-state index is -3.54. The quantitative estimate of drug-likeness (QED) is 0.819. The molecule has 1 N–H and O–H groups in total. The third-order valence-electron chi connectivity index (χ3n) is 3.84. The van der Waals surface area contributed by atoms with Crippen LogP contribution in [0.3, 0.4) is 0 Å². The Hall–Kier alpha value is -2.38. The fraction of sp³-hybridized carbons (Fsp3) is 0.278. The van der Waals surface area contributed by atoms with Crippen molar-refractivity contribution in [2.75, 3.05) is 32.0 Å². The molecule has 2 rings (SSSR count). The van der Waals surface area contributed by atoms with E-state index >= 15 is 0 Å². The standard InChI is InChI=1S/C18H23N3O3S/c1-20(2)25(23,24)21(3)17-11-9-16(10-12-17)18(22)19-14-13-15-7-5-4-6-8-15/h4-12H,13-14H2,1-3H3,(H,19,22). The van der Waals surface area contributed by atoms with E-state index in [1.165, 1.54) is 25.4 Å². The molecule has 2 aromatic rings. The highest BCUT2D eigenvalue weighted by atomic mass is 32.2. The molecule has 0 heterocycles. The first kappa shape index (κ1) is 19.0. The summed E-state index contributed by atoms with van der Waals surface area (Å²) in [5.41, 5.74) is 2.15. The maximum atomic E-state index is 12.2. The number of hydrogen-bond donors (Lipinski definition) is 1. The summed E-state index contributed by atoms with van der Waals surface area (Å²) in [5.74, 6) is -0.180. The molecule has 0 bridgehead atoms. The van der Waals surface area contributed by atoms with Gasteiger partial charge in [0.15, 0.2) is 0 Å². The molecule has 0 aliphatic rings. The van der Waals surface area contributed by atoms with Crippen molar-refractivity contribution in [1.29, 1.82) is 0 Å². The number of anilines is 1. The highest BCUT2D eigenvalue weighted by molar-refractivity contribution is 7.90. The second kappa shape index (κ2) is 8.13. The lowest BCUT2D eigenvalue weighted by molar-refractivity contribution is 0.0954. The van der Waals surface area contributed by atoms with Crippen molar-refractivity contribution in [3.8, 4) is 0 Å². The average Bonchev–Trinajstić information content (AvgIpc) is 2.62. The van der Waals surface area contributed by atoms with Gasteiger partial charge in [-0.25, -0.2) is 0 Å². The maximum absolute atomic E-state index is 12.2. The zero-order valence-corrected chi connectivity index (χ0v) is 15.5. The van der Waals surface area contributed by atoms with E-state index in [-0.39, 0.29) is 5.91 Å². The molecule has 0 fully saturated rings. The SMILES string of the molecule is CN(C)S(=O)(=O)N(C)c1ccc(C(=O)NCCc2ccccc2)cc1. The van der Waals surface area contributed by atoms with Crippen LogP contribution >= 0.6 is 0 Å². The molecule has 0 saturated carbocycles. The van der Waals surface area contributed by atoms with E-state index in [4.69, 9.17) is 0 Å². The summed E-state index contributed by atoms with van der Waals surface area (Å²) in [6.45, 7) is 0.541. The van der Waals surface area contributed by atoms with Gasteiger partial charge in [-0.15, -0.1) is 0 Å². The van der Waals surface area contributed by atoms with Gasteiger partial charge in [0.25, 0.3) is 5.91 Å². The average molecular weight is 361 g/mol. The predicted octanol–water partition coefficient (Wildman–Crippen LogP) is 1.90. The van der Waals surface area contributed by atoms with Crippen molar-refractivity contribution in [3.63, 3.8) is 0 Å². The van der Waals surface area contributed by atoms with Crippen molar-refractivity contribution >= 4 is 21.8 Å². The van der Waals surface area contributed by atoms with Gasteiger partial charge in [-0.3, -0.25) is 9.10 Å². The Morgan fingerprint density at radius 1 is 0.960 bits per heavy atom. The predicted molar refractivity (Wildman–Crippen MR) is 99.9 cm³/mol. The number of nitrogens with zero attached hydrogens (tertiary/aromatic N) is 2. The van der Waals surface area contributed by atoms with Crippen molar-refractivity contribution in [3.05, 3.63) is 65.7 Å². The smallest absolute Gasteiger partial charge is 0.303 e. The van der Waals surface area contributed by atoms with Crippen LogP contribution in [0.1, 0.15) is 15.9 Å². The molecule has 0 radical (unpaired) electrons. The van der Waals surface area contributed by atoms with Gasteiger partial charge in [0.05, 0.1) is 5.69 Å². The van der Waals surface area contributed by atoms with Gasteiger partial charge in [-0.1, -0.05) is 30.3 Å². The summed E-state index contributed by atoms with van der Waals surface area (Å²) in [6.07, 6.45) is 0.758. The molecule has 1 amide bonds. The molecule has 2 aromatic carbocycles.